The molecule has 3 rings (SSSR count). The van der Waals surface area contributed by atoms with Gasteiger partial charge in [-0.2, -0.15) is 0 Å². The van der Waals surface area contributed by atoms with E-state index in [0.717, 1.165) is 19.0 Å². The number of piperazine rings is 1. The Kier molecular flexibility index (Phi) is 5.09. The van der Waals surface area contributed by atoms with Crippen LogP contribution in [0.5, 0.6) is 0 Å². The molecule has 0 aromatic carbocycles. The van der Waals surface area contributed by atoms with Crippen LogP contribution >= 0.6 is 27.3 Å². The standard InChI is InChI=1S/C17H27BrN2S/c1-17(2)12-19-16(13-6-4-3-5-7-13)10-20(17)9-15-8-14(18)11-21-15/h8,11,13,16,19H,3-7,9-10,12H2,1-2H3. The molecule has 0 bridgehead atoms. The highest BCUT2D eigenvalue weighted by molar-refractivity contribution is 9.10. The van der Waals surface area contributed by atoms with Gasteiger partial charge in [0, 0.05) is 45.9 Å². The van der Waals surface area contributed by atoms with Crippen LogP contribution in [0.15, 0.2) is 15.9 Å². The van der Waals surface area contributed by atoms with E-state index < -0.39 is 0 Å². The predicted molar refractivity (Wildman–Crippen MR) is 94.9 cm³/mol. The van der Waals surface area contributed by atoms with Crippen molar-refractivity contribution in [1.82, 2.24) is 10.2 Å². The third-order valence-corrected chi connectivity index (χ3v) is 6.94. The van der Waals surface area contributed by atoms with Crippen LogP contribution in [0.2, 0.25) is 0 Å². The van der Waals surface area contributed by atoms with Gasteiger partial charge < -0.3 is 5.32 Å². The maximum atomic E-state index is 3.85. The lowest BCUT2D eigenvalue weighted by atomic mass is 9.81. The summed E-state index contributed by atoms with van der Waals surface area (Å²) in [6, 6.07) is 2.97. The van der Waals surface area contributed by atoms with Crippen LogP contribution in [0, 0.1) is 5.92 Å². The highest BCUT2D eigenvalue weighted by Gasteiger charge is 2.37. The fraction of sp³-hybridized carbons (Fsp3) is 0.765. The summed E-state index contributed by atoms with van der Waals surface area (Å²) in [6.07, 6.45) is 7.17. The fourth-order valence-corrected chi connectivity index (χ4v) is 5.26. The molecule has 2 fully saturated rings. The second-order valence-electron chi connectivity index (χ2n) is 7.31. The first-order valence-corrected chi connectivity index (χ1v) is 9.93. The summed E-state index contributed by atoms with van der Waals surface area (Å²) in [5.74, 6) is 0.896. The minimum atomic E-state index is 0.252. The SMILES string of the molecule is CC1(C)CNC(C2CCCCC2)CN1Cc1cc(Br)cs1. The topological polar surface area (TPSA) is 15.3 Å². The van der Waals surface area contributed by atoms with Crippen LogP contribution in [0.3, 0.4) is 0 Å². The van der Waals surface area contributed by atoms with Crippen molar-refractivity contribution in [2.45, 2.75) is 64.1 Å². The lowest BCUT2D eigenvalue weighted by molar-refractivity contribution is 0.0382. The first-order chi connectivity index (χ1) is 10.0. The van der Waals surface area contributed by atoms with Gasteiger partial charge in [-0.1, -0.05) is 19.3 Å². The van der Waals surface area contributed by atoms with Crippen molar-refractivity contribution < 1.29 is 0 Å². The van der Waals surface area contributed by atoms with Crippen LogP contribution in [-0.2, 0) is 6.54 Å². The molecule has 1 N–H and O–H groups in total. The molecular weight excluding hydrogens is 344 g/mol. The summed E-state index contributed by atoms with van der Waals surface area (Å²) in [5.41, 5.74) is 0.252. The predicted octanol–water partition coefficient (Wildman–Crippen LogP) is 4.64. The van der Waals surface area contributed by atoms with Crippen LogP contribution in [0.25, 0.3) is 0 Å². The summed E-state index contributed by atoms with van der Waals surface area (Å²) in [4.78, 5) is 4.17. The molecule has 1 atom stereocenters. The largest absolute Gasteiger partial charge is 0.311 e. The Morgan fingerprint density at radius 1 is 1.33 bits per heavy atom. The van der Waals surface area contributed by atoms with Crippen LogP contribution in [0.1, 0.15) is 50.8 Å². The molecule has 1 aliphatic heterocycles. The number of nitrogens with one attached hydrogen (secondary N) is 1. The lowest BCUT2D eigenvalue weighted by Gasteiger charge is -2.48. The van der Waals surface area contributed by atoms with Gasteiger partial charge in [-0.25, -0.2) is 0 Å². The zero-order chi connectivity index (χ0) is 14.9. The van der Waals surface area contributed by atoms with E-state index in [1.54, 1.807) is 0 Å². The lowest BCUT2D eigenvalue weighted by Crippen LogP contribution is -2.63. The van der Waals surface area contributed by atoms with E-state index in [1.807, 2.05) is 11.3 Å². The average molecular weight is 371 g/mol. The van der Waals surface area contributed by atoms with E-state index in [1.165, 1.54) is 48.0 Å². The molecular formula is C17H27BrN2S. The molecule has 1 aromatic heterocycles. The number of thiophene rings is 1. The van der Waals surface area contributed by atoms with Crippen LogP contribution in [-0.4, -0.2) is 29.6 Å². The zero-order valence-corrected chi connectivity index (χ0v) is 15.6. The molecule has 4 heteroatoms. The molecule has 2 aliphatic rings. The Morgan fingerprint density at radius 3 is 2.76 bits per heavy atom. The average Bonchev–Trinajstić information content (AvgIpc) is 2.87. The summed E-state index contributed by atoms with van der Waals surface area (Å²) in [7, 11) is 0. The molecule has 1 aliphatic carbocycles. The van der Waals surface area contributed by atoms with E-state index >= 15 is 0 Å². The Bertz CT molecular complexity index is 465. The van der Waals surface area contributed by atoms with Crippen LogP contribution in [0.4, 0.5) is 0 Å². The van der Waals surface area contributed by atoms with Gasteiger partial charge in [0.25, 0.3) is 0 Å². The van der Waals surface area contributed by atoms with Crippen molar-refractivity contribution in [3.8, 4) is 0 Å². The molecule has 0 spiro atoms. The highest BCUT2D eigenvalue weighted by atomic mass is 79.9. The maximum absolute atomic E-state index is 3.85. The third-order valence-electron chi connectivity index (χ3n) is 5.26. The van der Waals surface area contributed by atoms with Gasteiger partial charge in [-0.3, -0.25) is 4.90 Å². The first kappa shape index (κ1) is 16.0. The number of hydrogen-bond donors (Lipinski definition) is 1. The van der Waals surface area contributed by atoms with Crippen molar-refractivity contribution in [1.29, 1.82) is 0 Å². The number of halogens is 1. The van der Waals surface area contributed by atoms with E-state index in [9.17, 15) is 0 Å². The van der Waals surface area contributed by atoms with Crippen molar-refractivity contribution >= 4 is 27.3 Å². The van der Waals surface area contributed by atoms with Gasteiger partial charge in [-0.05, 0) is 54.6 Å². The van der Waals surface area contributed by atoms with Crippen molar-refractivity contribution in [2.75, 3.05) is 13.1 Å². The number of nitrogens with zero attached hydrogens (tertiary/aromatic N) is 1. The second-order valence-corrected chi connectivity index (χ2v) is 9.22. The van der Waals surface area contributed by atoms with Crippen LogP contribution < -0.4 is 5.32 Å². The van der Waals surface area contributed by atoms with E-state index in [0.29, 0.717) is 6.04 Å². The van der Waals surface area contributed by atoms with Crippen molar-refractivity contribution in [3.05, 3.63) is 20.8 Å². The minimum absolute atomic E-state index is 0.252. The first-order valence-electron chi connectivity index (χ1n) is 8.26. The van der Waals surface area contributed by atoms with Gasteiger partial charge in [0.1, 0.15) is 0 Å². The Hall–Kier alpha value is 0.1000. The molecule has 0 amide bonds. The van der Waals surface area contributed by atoms with Crippen molar-refractivity contribution in [2.24, 2.45) is 5.92 Å². The third kappa shape index (κ3) is 3.90. The molecule has 118 valence electrons. The Balaban J connectivity index is 1.66. The molecule has 1 saturated heterocycles. The zero-order valence-electron chi connectivity index (χ0n) is 13.2. The fourth-order valence-electron chi connectivity index (χ4n) is 3.80. The van der Waals surface area contributed by atoms with Gasteiger partial charge in [0.2, 0.25) is 0 Å². The highest BCUT2D eigenvalue weighted by Crippen LogP contribution is 2.32. The van der Waals surface area contributed by atoms with Gasteiger partial charge in [-0.15, -0.1) is 11.3 Å². The minimum Gasteiger partial charge on any atom is -0.311 e. The molecule has 0 radical (unpaired) electrons. The molecule has 2 heterocycles. The van der Waals surface area contributed by atoms with Gasteiger partial charge in [0.05, 0.1) is 0 Å². The summed E-state index contributed by atoms with van der Waals surface area (Å²) in [5, 5.41) is 6.05. The summed E-state index contributed by atoms with van der Waals surface area (Å²) >= 11 is 5.45. The number of hydrogen-bond acceptors (Lipinski definition) is 3. The molecule has 1 unspecified atom stereocenters. The van der Waals surface area contributed by atoms with Crippen molar-refractivity contribution in [3.63, 3.8) is 0 Å². The maximum Gasteiger partial charge on any atom is 0.0334 e. The molecule has 1 saturated carbocycles. The van der Waals surface area contributed by atoms with E-state index in [-0.39, 0.29) is 5.54 Å². The normalized spacial score (nSPS) is 27.9. The molecule has 21 heavy (non-hydrogen) atoms. The van der Waals surface area contributed by atoms with Gasteiger partial charge >= 0.3 is 0 Å². The number of rotatable bonds is 3. The monoisotopic (exact) mass is 370 g/mol. The summed E-state index contributed by atoms with van der Waals surface area (Å²) < 4.78 is 1.22. The van der Waals surface area contributed by atoms with E-state index in [2.05, 4.69) is 51.4 Å². The van der Waals surface area contributed by atoms with E-state index in [4.69, 9.17) is 0 Å². The Morgan fingerprint density at radius 2 is 2.10 bits per heavy atom. The molecule has 1 aromatic rings. The quantitative estimate of drug-likeness (QED) is 0.833. The Labute approximate surface area is 141 Å². The molecule has 2 nitrogen and oxygen atoms in total. The van der Waals surface area contributed by atoms with Gasteiger partial charge in [0.15, 0.2) is 0 Å². The smallest absolute Gasteiger partial charge is 0.0334 e. The summed E-state index contributed by atoms with van der Waals surface area (Å²) in [6.45, 7) is 8.15. The second kappa shape index (κ2) is 6.69.